The van der Waals surface area contributed by atoms with Crippen LogP contribution in [-0.2, 0) is 11.3 Å². The molecule has 2 aromatic rings. The summed E-state index contributed by atoms with van der Waals surface area (Å²) < 4.78 is 5.59. The smallest absolute Gasteiger partial charge is 0.238 e. The molecule has 2 rings (SSSR count). The quantitative estimate of drug-likeness (QED) is 0.630. The molecule has 25 heavy (non-hydrogen) atoms. The van der Waals surface area contributed by atoms with Gasteiger partial charge in [-0.1, -0.05) is 46.9 Å². The van der Waals surface area contributed by atoms with Crippen LogP contribution in [0, 0.1) is 0 Å². The van der Waals surface area contributed by atoms with Crippen molar-refractivity contribution in [2.24, 2.45) is 0 Å². The van der Waals surface area contributed by atoms with Crippen LogP contribution in [0.25, 0.3) is 0 Å². The van der Waals surface area contributed by atoms with Crippen molar-refractivity contribution >= 4 is 46.4 Å². The summed E-state index contributed by atoms with van der Waals surface area (Å²) in [6.07, 6.45) is 0.140. The van der Waals surface area contributed by atoms with Crippen molar-refractivity contribution in [3.63, 3.8) is 0 Å². The lowest BCUT2D eigenvalue weighted by Crippen LogP contribution is -2.27. The SMILES string of the molecule is CC(C)Oc1ccc(CNCC(=O)Nc2cc(Cl)c(Cl)cc2Cl)cc1. The highest BCUT2D eigenvalue weighted by Gasteiger charge is 2.09. The van der Waals surface area contributed by atoms with Gasteiger partial charge in [0.15, 0.2) is 0 Å². The first-order valence-electron chi connectivity index (χ1n) is 7.76. The van der Waals surface area contributed by atoms with E-state index in [0.717, 1.165) is 11.3 Å². The van der Waals surface area contributed by atoms with Gasteiger partial charge in [0.1, 0.15) is 5.75 Å². The topological polar surface area (TPSA) is 50.4 Å². The van der Waals surface area contributed by atoms with Gasteiger partial charge in [-0.25, -0.2) is 0 Å². The third kappa shape index (κ3) is 6.40. The highest BCUT2D eigenvalue weighted by atomic mass is 35.5. The van der Waals surface area contributed by atoms with Gasteiger partial charge in [0, 0.05) is 6.54 Å². The molecule has 0 heterocycles. The molecule has 0 aliphatic heterocycles. The van der Waals surface area contributed by atoms with E-state index in [2.05, 4.69) is 10.6 Å². The first-order chi connectivity index (χ1) is 11.8. The number of nitrogens with one attached hydrogen (secondary N) is 2. The lowest BCUT2D eigenvalue weighted by molar-refractivity contribution is -0.115. The van der Waals surface area contributed by atoms with Crippen LogP contribution < -0.4 is 15.4 Å². The Balaban J connectivity index is 1.81. The van der Waals surface area contributed by atoms with Crippen LogP contribution in [0.2, 0.25) is 15.1 Å². The lowest BCUT2D eigenvalue weighted by atomic mass is 10.2. The molecule has 4 nitrogen and oxygen atoms in total. The van der Waals surface area contributed by atoms with Gasteiger partial charge in [0.25, 0.3) is 0 Å². The van der Waals surface area contributed by atoms with Crippen LogP contribution in [-0.4, -0.2) is 18.6 Å². The van der Waals surface area contributed by atoms with Crippen LogP contribution in [0.4, 0.5) is 5.69 Å². The zero-order valence-electron chi connectivity index (χ0n) is 13.9. The molecule has 0 aliphatic carbocycles. The van der Waals surface area contributed by atoms with Gasteiger partial charge < -0.3 is 15.4 Å². The molecular weight excluding hydrogens is 383 g/mol. The maximum Gasteiger partial charge on any atom is 0.238 e. The maximum atomic E-state index is 12.0. The summed E-state index contributed by atoms with van der Waals surface area (Å²) in [5.41, 5.74) is 1.48. The molecule has 134 valence electrons. The Morgan fingerprint density at radius 2 is 1.68 bits per heavy atom. The zero-order chi connectivity index (χ0) is 18.4. The van der Waals surface area contributed by atoms with Gasteiger partial charge >= 0.3 is 0 Å². The molecule has 1 amide bonds. The molecular formula is C18H19Cl3N2O2. The predicted octanol–water partition coefficient (Wildman–Crippen LogP) is 5.16. The number of carbonyl (C=O) groups excluding carboxylic acids is 1. The van der Waals surface area contributed by atoms with E-state index in [1.54, 1.807) is 0 Å². The van der Waals surface area contributed by atoms with E-state index in [9.17, 15) is 4.79 Å². The molecule has 0 radical (unpaired) electrons. The molecule has 2 aromatic carbocycles. The summed E-state index contributed by atoms with van der Waals surface area (Å²) in [6.45, 7) is 4.66. The minimum atomic E-state index is -0.222. The second kappa shape index (κ2) is 9.30. The summed E-state index contributed by atoms with van der Waals surface area (Å²) in [7, 11) is 0. The van der Waals surface area contributed by atoms with Crippen LogP contribution >= 0.6 is 34.8 Å². The van der Waals surface area contributed by atoms with Crippen LogP contribution in [0.3, 0.4) is 0 Å². The highest BCUT2D eigenvalue weighted by Crippen LogP contribution is 2.32. The number of carbonyl (C=O) groups is 1. The summed E-state index contributed by atoms with van der Waals surface area (Å²) >= 11 is 17.8. The normalized spacial score (nSPS) is 10.8. The molecule has 0 aliphatic rings. The molecule has 0 saturated carbocycles. The number of amides is 1. The Bertz CT molecular complexity index is 734. The van der Waals surface area contributed by atoms with Crippen molar-refractivity contribution in [3.05, 3.63) is 57.0 Å². The number of hydrogen-bond donors (Lipinski definition) is 2. The first-order valence-corrected chi connectivity index (χ1v) is 8.89. The van der Waals surface area contributed by atoms with Gasteiger partial charge in [0.05, 0.1) is 33.4 Å². The number of anilines is 1. The number of rotatable bonds is 7. The predicted molar refractivity (Wildman–Crippen MR) is 104 cm³/mol. The summed E-state index contributed by atoms with van der Waals surface area (Å²) in [6, 6.07) is 10.8. The maximum absolute atomic E-state index is 12.0. The highest BCUT2D eigenvalue weighted by molar-refractivity contribution is 6.44. The Morgan fingerprint density at radius 1 is 1.04 bits per heavy atom. The second-order valence-electron chi connectivity index (χ2n) is 5.71. The van der Waals surface area contributed by atoms with Gasteiger partial charge in [-0.2, -0.15) is 0 Å². The number of hydrogen-bond acceptors (Lipinski definition) is 3. The largest absolute Gasteiger partial charge is 0.491 e. The summed E-state index contributed by atoms with van der Waals surface area (Å²) in [5, 5.41) is 6.78. The molecule has 0 unspecified atom stereocenters. The van der Waals surface area contributed by atoms with Crippen LogP contribution in [0.5, 0.6) is 5.75 Å². The van der Waals surface area contributed by atoms with Crippen molar-refractivity contribution in [1.82, 2.24) is 5.32 Å². The molecule has 0 bridgehead atoms. The Labute approximate surface area is 162 Å². The number of ether oxygens (including phenoxy) is 1. The first kappa shape index (κ1) is 19.9. The third-order valence-electron chi connectivity index (χ3n) is 3.19. The third-order valence-corrected chi connectivity index (χ3v) is 4.23. The van der Waals surface area contributed by atoms with Gasteiger partial charge in [0.2, 0.25) is 5.91 Å². The fourth-order valence-electron chi connectivity index (χ4n) is 2.09. The van der Waals surface area contributed by atoms with Crippen LogP contribution in [0.15, 0.2) is 36.4 Å². The summed E-state index contributed by atoms with van der Waals surface area (Å²) in [4.78, 5) is 12.0. The second-order valence-corrected chi connectivity index (χ2v) is 6.93. The van der Waals surface area contributed by atoms with Crippen molar-refractivity contribution in [3.8, 4) is 5.75 Å². The van der Waals surface area contributed by atoms with E-state index < -0.39 is 0 Å². The monoisotopic (exact) mass is 400 g/mol. The summed E-state index contributed by atoms with van der Waals surface area (Å²) in [5.74, 6) is 0.603. The van der Waals surface area contributed by atoms with E-state index >= 15 is 0 Å². The average Bonchev–Trinajstić information content (AvgIpc) is 2.54. The minimum Gasteiger partial charge on any atom is -0.491 e. The zero-order valence-corrected chi connectivity index (χ0v) is 16.2. The van der Waals surface area contributed by atoms with Crippen molar-refractivity contribution in [2.45, 2.75) is 26.5 Å². The Hall–Kier alpha value is -1.46. The Morgan fingerprint density at radius 3 is 2.32 bits per heavy atom. The van der Waals surface area contributed by atoms with E-state index in [1.165, 1.54) is 12.1 Å². The molecule has 0 spiro atoms. The van der Waals surface area contributed by atoms with Crippen molar-refractivity contribution < 1.29 is 9.53 Å². The van der Waals surface area contributed by atoms with E-state index in [4.69, 9.17) is 39.5 Å². The van der Waals surface area contributed by atoms with Crippen molar-refractivity contribution in [1.29, 1.82) is 0 Å². The number of benzene rings is 2. The molecule has 0 fully saturated rings. The Kier molecular flexibility index (Phi) is 7.38. The van der Waals surface area contributed by atoms with Gasteiger partial charge in [-0.15, -0.1) is 0 Å². The molecule has 7 heteroatoms. The molecule has 0 atom stereocenters. The van der Waals surface area contributed by atoms with E-state index in [0.29, 0.717) is 27.3 Å². The van der Waals surface area contributed by atoms with Gasteiger partial charge in [-0.05, 0) is 43.7 Å². The molecule has 0 saturated heterocycles. The van der Waals surface area contributed by atoms with Crippen LogP contribution in [0.1, 0.15) is 19.4 Å². The fourth-order valence-corrected chi connectivity index (χ4v) is 2.69. The standard InChI is InChI=1S/C18H19Cl3N2O2/c1-11(2)25-13-5-3-12(4-6-13)9-22-10-18(24)23-17-8-15(20)14(19)7-16(17)21/h3-8,11,22H,9-10H2,1-2H3,(H,23,24). The minimum absolute atomic E-state index is 0.140. The van der Waals surface area contributed by atoms with Crippen molar-refractivity contribution in [2.75, 3.05) is 11.9 Å². The van der Waals surface area contributed by atoms with Gasteiger partial charge in [-0.3, -0.25) is 4.79 Å². The number of halogens is 3. The molecule has 2 N–H and O–H groups in total. The lowest BCUT2D eigenvalue weighted by Gasteiger charge is -2.11. The van der Waals surface area contributed by atoms with E-state index in [1.807, 2.05) is 38.1 Å². The fraction of sp³-hybridized carbons (Fsp3) is 0.278. The van der Waals surface area contributed by atoms with E-state index in [-0.39, 0.29) is 18.6 Å². The average molecular weight is 402 g/mol. The molecule has 0 aromatic heterocycles.